The molecule has 90 valence electrons. The maximum Gasteiger partial charge on any atom is 0.416 e. The minimum Gasteiger partial charge on any atom is -0.272 e. The normalized spacial score (nSPS) is 11.8. The molecule has 0 amide bonds. The molecular formula is C10H7ClF3N3. The number of halogens is 4. The van der Waals surface area contributed by atoms with Crippen molar-refractivity contribution in [3.05, 3.63) is 40.9 Å². The van der Waals surface area contributed by atoms with Crippen molar-refractivity contribution in [3.63, 3.8) is 0 Å². The molecule has 0 saturated heterocycles. The fourth-order valence-electron chi connectivity index (χ4n) is 1.43. The molecule has 0 aliphatic heterocycles. The molecule has 0 aliphatic rings. The fourth-order valence-corrected chi connectivity index (χ4v) is 1.61. The number of aryl methyl sites for hydroxylation is 1. The van der Waals surface area contributed by atoms with Crippen LogP contribution in [0.25, 0.3) is 5.69 Å². The van der Waals surface area contributed by atoms with E-state index in [0.717, 1.165) is 12.1 Å². The standard InChI is InChI=1S/C10H7ClF3N3/c1-6-2-3-7(10(12,13)14)4-8(6)17-5-15-16-9(17)11/h2-5H,1H3. The number of nitrogens with zero attached hydrogens (tertiary/aromatic N) is 3. The molecule has 0 spiro atoms. The van der Waals surface area contributed by atoms with Crippen molar-refractivity contribution in [1.82, 2.24) is 14.8 Å². The Hall–Kier alpha value is -1.56. The number of alkyl halides is 3. The molecule has 17 heavy (non-hydrogen) atoms. The summed E-state index contributed by atoms with van der Waals surface area (Å²) in [7, 11) is 0. The Morgan fingerprint density at radius 1 is 1.29 bits per heavy atom. The van der Waals surface area contributed by atoms with E-state index in [0.29, 0.717) is 11.3 Å². The van der Waals surface area contributed by atoms with Crippen LogP contribution in [0.5, 0.6) is 0 Å². The van der Waals surface area contributed by atoms with Gasteiger partial charge in [-0.2, -0.15) is 13.2 Å². The lowest BCUT2D eigenvalue weighted by atomic mass is 10.1. The lowest BCUT2D eigenvalue weighted by molar-refractivity contribution is -0.137. The van der Waals surface area contributed by atoms with E-state index in [9.17, 15) is 13.2 Å². The molecule has 0 aliphatic carbocycles. The summed E-state index contributed by atoms with van der Waals surface area (Å²) in [5.74, 6) is 0. The second-order valence-corrected chi connectivity index (χ2v) is 3.81. The Labute approximate surface area is 99.8 Å². The monoisotopic (exact) mass is 261 g/mol. The summed E-state index contributed by atoms with van der Waals surface area (Å²) in [6.45, 7) is 1.69. The summed E-state index contributed by atoms with van der Waals surface area (Å²) in [4.78, 5) is 0. The number of rotatable bonds is 1. The van der Waals surface area contributed by atoms with Crippen molar-refractivity contribution in [2.45, 2.75) is 13.1 Å². The highest BCUT2D eigenvalue weighted by atomic mass is 35.5. The van der Waals surface area contributed by atoms with Crippen LogP contribution in [0.2, 0.25) is 5.28 Å². The van der Waals surface area contributed by atoms with Crippen molar-refractivity contribution in [3.8, 4) is 5.69 Å². The van der Waals surface area contributed by atoms with E-state index in [-0.39, 0.29) is 5.28 Å². The highest BCUT2D eigenvalue weighted by Crippen LogP contribution is 2.31. The van der Waals surface area contributed by atoms with Crippen LogP contribution < -0.4 is 0 Å². The van der Waals surface area contributed by atoms with Gasteiger partial charge in [-0.3, -0.25) is 4.57 Å². The van der Waals surface area contributed by atoms with Gasteiger partial charge in [0.25, 0.3) is 0 Å². The van der Waals surface area contributed by atoms with Crippen LogP contribution in [0.3, 0.4) is 0 Å². The van der Waals surface area contributed by atoms with Gasteiger partial charge in [-0.15, -0.1) is 10.2 Å². The third-order valence-electron chi connectivity index (χ3n) is 2.30. The molecule has 1 aromatic heterocycles. The van der Waals surface area contributed by atoms with E-state index in [2.05, 4.69) is 10.2 Å². The average Bonchev–Trinajstić information content (AvgIpc) is 2.63. The van der Waals surface area contributed by atoms with Crippen LogP contribution in [0.1, 0.15) is 11.1 Å². The Balaban J connectivity index is 2.58. The van der Waals surface area contributed by atoms with E-state index in [1.54, 1.807) is 6.92 Å². The third-order valence-corrected chi connectivity index (χ3v) is 2.56. The first-order valence-electron chi connectivity index (χ1n) is 4.63. The molecule has 0 fully saturated rings. The Morgan fingerprint density at radius 2 is 2.00 bits per heavy atom. The van der Waals surface area contributed by atoms with Crippen molar-refractivity contribution in [2.24, 2.45) is 0 Å². The molecule has 3 nitrogen and oxygen atoms in total. The maximum atomic E-state index is 12.6. The molecule has 0 N–H and O–H groups in total. The zero-order chi connectivity index (χ0) is 12.6. The highest BCUT2D eigenvalue weighted by Gasteiger charge is 2.31. The van der Waals surface area contributed by atoms with Gasteiger partial charge in [-0.1, -0.05) is 6.07 Å². The van der Waals surface area contributed by atoms with E-state index < -0.39 is 11.7 Å². The van der Waals surface area contributed by atoms with Gasteiger partial charge in [-0.05, 0) is 36.2 Å². The summed E-state index contributed by atoms with van der Waals surface area (Å²) < 4.78 is 39.0. The zero-order valence-corrected chi connectivity index (χ0v) is 9.42. The van der Waals surface area contributed by atoms with Gasteiger partial charge in [0, 0.05) is 0 Å². The molecule has 1 heterocycles. The van der Waals surface area contributed by atoms with Crippen LogP contribution in [-0.4, -0.2) is 14.8 Å². The summed E-state index contributed by atoms with van der Waals surface area (Å²) in [5.41, 5.74) is 0.234. The number of aromatic nitrogens is 3. The third kappa shape index (κ3) is 2.26. The number of benzene rings is 1. The fraction of sp³-hybridized carbons (Fsp3) is 0.200. The Morgan fingerprint density at radius 3 is 2.53 bits per heavy atom. The van der Waals surface area contributed by atoms with Gasteiger partial charge in [0.15, 0.2) is 0 Å². The summed E-state index contributed by atoms with van der Waals surface area (Å²) in [6.07, 6.45) is -3.12. The molecule has 2 aromatic rings. The second-order valence-electron chi connectivity index (χ2n) is 3.47. The molecule has 0 bridgehead atoms. The van der Waals surface area contributed by atoms with Gasteiger partial charge < -0.3 is 0 Å². The van der Waals surface area contributed by atoms with Crippen LogP contribution in [0.15, 0.2) is 24.5 Å². The first kappa shape index (κ1) is 11.9. The second kappa shape index (κ2) is 4.03. The molecule has 0 saturated carbocycles. The smallest absolute Gasteiger partial charge is 0.272 e. The van der Waals surface area contributed by atoms with Crippen LogP contribution in [-0.2, 0) is 6.18 Å². The molecule has 0 unspecified atom stereocenters. The lowest BCUT2D eigenvalue weighted by Crippen LogP contribution is -2.07. The minimum atomic E-state index is -4.39. The summed E-state index contributed by atoms with van der Waals surface area (Å²) in [6, 6.07) is 3.43. The first-order valence-corrected chi connectivity index (χ1v) is 5.01. The molecule has 0 atom stereocenters. The summed E-state index contributed by atoms with van der Waals surface area (Å²) >= 11 is 5.72. The van der Waals surface area contributed by atoms with E-state index in [4.69, 9.17) is 11.6 Å². The van der Waals surface area contributed by atoms with E-state index >= 15 is 0 Å². The first-order chi connectivity index (χ1) is 7.89. The number of hydrogen-bond acceptors (Lipinski definition) is 2. The van der Waals surface area contributed by atoms with Gasteiger partial charge in [0.2, 0.25) is 5.28 Å². The van der Waals surface area contributed by atoms with E-state index in [1.165, 1.54) is 17.0 Å². The average molecular weight is 262 g/mol. The van der Waals surface area contributed by atoms with Crippen LogP contribution in [0, 0.1) is 6.92 Å². The largest absolute Gasteiger partial charge is 0.416 e. The maximum absolute atomic E-state index is 12.6. The van der Waals surface area contributed by atoms with Crippen LogP contribution >= 0.6 is 11.6 Å². The molecule has 1 aromatic carbocycles. The summed E-state index contributed by atoms with van der Waals surface area (Å²) in [5, 5.41) is 7.07. The predicted molar refractivity (Wildman–Crippen MR) is 56.1 cm³/mol. The van der Waals surface area contributed by atoms with Gasteiger partial charge in [0.05, 0.1) is 11.3 Å². The Bertz CT molecular complexity index is 548. The Kier molecular flexibility index (Phi) is 2.82. The number of hydrogen-bond donors (Lipinski definition) is 0. The highest BCUT2D eigenvalue weighted by molar-refractivity contribution is 6.28. The lowest BCUT2D eigenvalue weighted by Gasteiger charge is -2.11. The molecule has 0 radical (unpaired) electrons. The molecule has 7 heteroatoms. The SMILES string of the molecule is Cc1ccc(C(F)(F)F)cc1-n1cnnc1Cl. The quantitative estimate of drug-likeness (QED) is 0.789. The van der Waals surface area contributed by atoms with Crippen molar-refractivity contribution in [1.29, 1.82) is 0 Å². The van der Waals surface area contributed by atoms with Crippen LogP contribution in [0.4, 0.5) is 13.2 Å². The minimum absolute atomic E-state index is 0.0208. The van der Waals surface area contributed by atoms with Crippen molar-refractivity contribution < 1.29 is 13.2 Å². The van der Waals surface area contributed by atoms with E-state index in [1.807, 2.05) is 0 Å². The van der Waals surface area contributed by atoms with Crippen molar-refractivity contribution in [2.75, 3.05) is 0 Å². The topological polar surface area (TPSA) is 30.7 Å². The van der Waals surface area contributed by atoms with Gasteiger partial charge in [-0.25, -0.2) is 0 Å². The molecule has 2 rings (SSSR count). The van der Waals surface area contributed by atoms with Crippen molar-refractivity contribution >= 4 is 11.6 Å². The zero-order valence-electron chi connectivity index (χ0n) is 8.66. The molecular weight excluding hydrogens is 255 g/mol. The van der Waals surface area contributed by atoms with Gasteiger partial charge >= 0.3 is 6.18 Å². The predicted octanol–water partition coefficient (Wildman–Crippen LogP) is 3.25. The van der Waals surface area contributed by atoms with Gasteiger partial charge in [0.1, 0.15) is 6.33 Å².